The highest BCUT2D eigenvalue weighted by Gasteiger charge is 2.23. The maximum atomic E-state index is 13.9. The SMILES string of the molecule is CCc1c(CNC(=O)c2ccc3ccc4cccnc4c3n2)c(CC)c(CNc2cc(C)cc(C)n2)c(CC)c1CNC(=O)c1ccc2ccc3cccnc3c2n1. The molecule has 0 bridgehead atoms. The Hall–Kier alpha value is -6.81. The molecular formula is C48H46N8O2. The van der Waals surface area contributed by atoms with Gasteiger partial charge in [-0.1, -0.05) is 69.3 Å². The molecule has 0 aliphatic rings. The van der Waals surface area contributed by atoms with Crippen LogP contribution in [-0.4, -0.2) is 36.7 Å². The molecule has 0 radical (unpaired) electrons. The van der Waals surface area contributed by atoms with Crippen LogP contribution in [0.3, 0.4) is 0 Å². The van der Waals surface area contributed by atoms with E-state index < -0.39 is 0 Å². The summed E-state index contributed by atoms with van der Waals surface area (Å²) in [5.74, 6) is 0.272. The highest BCUT2D eigenvalue weighted by atomic mass is 16.2. The quantitative estimate of drug-likeness (QED) is 0.105. The molecule has 3 aromatic carbocycles. The van der Waals surface area contributed by atoms with Gasteiger partial charge in [-0.2, -0.15) is 0 Å². The van der Waals surface area contributed by atoms with Crippen molar-refractivity contribution in [2.45, 2.75) is 73.5 Å². The summed E-state index contributed by atoms with van der Waals surface area (Å²) in [5.41, 5.74) is 12.4. The number of pyridine rings is 5. The van der Waals surface area contributed by atoms with Gasteiger partial charge in [0.2, 0.25) is 0 Å². The average Bonchev–Trinajstić information content (AvgIpc) is 3.25. The van der Waals surface area contributed by atoms with E-state index in [1.165, 1.54) is 11.1 Å². The topological polar surface area (TPSA) is 135 Å². The number of nitrogens with one attached hydrogen (secondary N) is 3. The van der Waals surface area contributed by atoms with Crippen LogP contribution in [0.5, 0.6) is 0 Å². The molecule has 5 heterocycles. The van der Waals surface area contributed by atoms with Crippen molar-refractivity contribution in [3.05, 3.63) is 153 Å². The zero-order chi connectivity index (χ0) is 40.3. The largest absolute Gasteiger partial charge is 0.366 e. The van der Waals surface area contributed by atoms with E-state index in [0.29, 0.717) is 48.5 Å². The standard InChI is InChI=1S/C48H46N8O2/c1-6-34-37(25-51-42-24-28(4)23-29(5)54-42)35(7-2)39(27-53-48(58)41-20-18-33-16-14-31-12-10-22-50-44(31)46(33)56-41)36(8-3)38(34)26-52-47(57)40-19-17-32-15-13-30-11-9-21-49-43(30)45(32)55-40/h9-24H,6-8,25-27H2,1-5H3,(H,51,54)(H,52,57)(H,53,58). The minimum Gasteiger partial charge on any atom is -0.366 e. The summed E-state index contributed by atoms with van der Waals surface area (Å²) in [6.45, 7) is 11.6. The summed E-state index contributed by atoms with van der Waals surface area (Å²) >= 11 is 0. The molecule has 2 amide bonds. The molecule has 58 heavy (non-hydrogen) atoms. The molecule has 0 saturated carbocycles. The van der Waals surface area contributed by atoms with Gasteiger partial charge < -0.3 is 16.0 Å². The van der Waals surface area contributed by atoms with Crippen molar-refractivity contribution in [2.24, 2.45) is 0 Å². The van der Waals surface area contributed by atoms with Crippen molar-refractivity contribution < 1.29 is 9.59 Å². The van der Waals surface area contributed by atoms with Gasteiger partial charge in [0, 0.05) is 59.3 Å². The van der Waals surface area contributed by atoms with E-state index in [2.05, 4.69) is 65.7 Å². The number of hydrogen-bond donors (Lipinski definition) is 3. The van der Waals surface area contributed by atoms with Crippen LogP contribution in [0.2, 0.25) is 0 Å². The van der Waals surface area contributed by atoms with Gasteiger partial charge in [0.05, 0.1) is 22.1 Å². The predicted octanol–water partition coefficient (Wildman–Crippen LogP) is 9.05. The van der Waals surface area contributed by atoms with Gasteiger partial charge in [0.25, 0.3) is 11.8 Å². The number of rotatable bonds is 12. The van der Waals surface area contributed by atoms with Crippen molar-refractivity contribution in [3.63, 3.8) is 0 Å². The summed E-state index contributed by atoms with van der Waals surface area (Å²) < 4.78 is 0. The first-order valence-electron chi connectivity index (χ1n) is 20.0. The molecule has 0 aliphatic heterocycles. The Morgan fingerprint density at radius 2 is 0.931 bits per heavy atom. The molecule has 0 fully saturated rings. The van der Waals surface area contributed by atoms with E-state index >= 15 is 0 Å². The number of anilines is 1. The Morgan fingerprint density at radius 3 is 1.38 bits per heavy atom. The molecule has 8 rings (SSSR count). The van der Waals surface area contributed by atoms with Crippen LogP contribution in [0.4, 0.5) is 5.82 Å². The van der Waals surface area contributed by atoms with Gasteiger partial charge in [-0.25, -0.2) is 15.0 Å². The smallest absolute Gasteiger partial charge is 0.270 e. The highest BCUT2D eigenvalue weighted by molar-refractivity contribution is 6.06. The number of fused-ring (bicyclic) bond motifs is 6. The third-order valence-corrected chi connectivity index (χ3v) is 11.0. The van der Waals surface area contributed by atoms with Crippen LogP contribution >= 0.6 is 0 Å². The van der Waals surface area contributed by atoms with E-state index in [1.54, 1.807) is 24.5 Å². The third kappa shape index (κ3) is 7.41. The lowest BCUT2D eigenvalue weighted by atomic mass is 9.83. The summed E-state index contributed by atoms with van der Waals surface area (Å²) in [6, 6.07) is 27.3. The van der Waals surface area contributed by atoms with Crippen molar-refractivity contribution in [1.29, 1.82) is 0 Å². The van der Waals surface area contributed by atoms with Gasteiger partial charge in [0.15, 0.2) is 0 Å². The maximum Gasteiger partial charge on any atom is 0.270 e. The van der Waals surface area contributed by atoms with Gasteiger partial charge >= 0.3 is 0 Å². The lowest BCUT2D eigenvalue weighted by Gasteiger charge is -2.27. The molecule has 0 aliphatic carbocycles. The number of carbonyl (C=O) groups excluding carboxylic acids is 2. The Labute approximate surface area is 337 Å². The fraction of sp³-hybridized carbons (Fsp3) is 0.229. The number of aromatic nitrogens is 5. The molecule has 10 heteroatoms. The van der Waals surface area contributed by atoms with Crippen LogP contribution in [-0.2, 0) is 38.9 Å². The van der Waals surface area contributed by atoms with Crippen molar-refractivity contribution in [2.75, 3.05) is 5.32 Å². The number of amides is 2. The molecule has 0 spiro atoms. The second kappa shape index (κ2) is 16.3. The van der Waals surface area contributed by atoms with E-state index in [1.807, 2.05) is 67.6 Å². The van der Waals surface area contributed by atoms with Gasteiger partial charge in [-0.3, -0.25) is 19.6 Å². The molecule has 0 unspecified atom stereocenters. The summed E-state index contributed by atoms with van der Waals surface area (Å²) in [6.07, 6.45) is 5.71. The van der Waals surface area contributed by atoms with Crippen LogP contribution in [0.1, 0.15) is 86.4 Å². The van der Waals surface area contributed by atoms with Crippen LogP contribution in [0, 0.1) is 13.8 Å². The van der Waals surface area contributed by atoms with Gasteiger partial charge in [-0.05, 0) is 108 Å². The lowest BCUT2D eigenvalue weighted by molar-refractivity contribution is 0.0939. The molecule has 8 aromatic rings. The molecule has 290 valence electrons. The number of hydrogen-bond acceptors (Lipinski definition) is 8. The van der Waals surface area contributed by atoms with Crippen molar-refractivity contribution in [1.82, 2.24) is 35.6 Å². The fourth-order valence-electron chi connectivity index (χ4n) is 8.34. The third-order valence-electron chi connectivity index (χ3n) is 11.0. The second-order valence-corrected chi connectivity index (χ2v) is 14.6. The minimum absolute atomic E-state index is 0.267. The number of aryl methyl sites for hydroxylation is 2. The van der Waals surface area contributed by atoms with E-state index in [4.69, 9.17) is 15.0 Å². The zero-order valence-corrected chi connectivity index (χ0v) is 33.5. The Balaban J connectivity index is 1.15. The number of benzene rings is 3. The van der Waals surface area contributed by atoms with E-state index in [9.17, 15) is 9.59 Å². The average molecular weight is 767 g/mol. The Bertz CT molecular complexity index is 2700. The van der Waals surface area contributed by atoms with E-state index in [-0.39, 0.29) is 11.8 Å². The normalized spacial score (nSPS) is 11.4. The van der Waals surface area contributed by atoms with E-state index in [0.717, 1.165) is 84.7 Å². The van der Waals surface area contributed by atoms with Crippen LogP contribution in [0.15, 0.2) is 97.3 Å². The molecular weight excluding hydrogens is 721 g/mol. The Kier molecular flexibility index (Phi) is 10.7. The Morgan fingerprint density at radius 1 is 0.500 bits per heavy atom. The summed E-state index contributed by atoms with van der Waals surface area (Å²) in [7, 11) is 0. The molecule has 3 N–H and O–H groups in total. The summed E-state index contributed by atoms with van der Waals surface area (Å²) in [5, 5.41) is 13.8. The lowest BCUT2D eigenvalue weighted by Crippen LogP contribution is -2.29. The highest BCUT2D eigenvalue weighted by Crippen LogP contribution is 2.32. The van der Waals surface area contributed by atoms with Crippen LogP contribution < -0.4 is 16.0 Å². The zero-order valence-electron chi connectivity index (χ0n) is 33.5. The number of carbonyl (C=O) groups is 2. The minimum atomic E-state index is -0.267. The monoisotopic (exact) mass is 766 g/mol. The first kappa shape index (κ1) is 38.1. The predicted molar refractivity (Wildman–Crippen MR) is 232 cm³/mol. The molecule has 5 aromatic heterocycles. The van der Waals surface area contributed by atoms with Crippen LogP contribution in [0.25, 0.3) is 43.6 Å². The molecule has 0 saturated heterocycles. The summed E-state index contributed by atoms with van der Waals surface area (Å²) in [4.78, 5) is 51.4. The molecule has 10 nitrogen and oxygen atoms in total. The second-order valence-electron chi connectivity index (χ2n) is 14.6. The van der Waals surface area contributed by atoms with Crippen molar-refractivity contribution in [3.8, 4) is 0 Å². The maximum absolute atomic E-state index is 13.9. The first-order valence-corrected chi connectivity index (χ1v) is 20.0. The van der Waals surface area contributed by atoms with Gasteiger partial charge in [0.1, 0.15) is 17.2 Å². The fourth-order valence-corrected chi connectivity index (χ4v) is 8.34. The first-order chi connectivity index (χ1) is 28.3. The van der Waals surface area contributed by atoms with Crippen molar-refractivity contribution >= 4 is 61.2 Å². The number of nitrogens with zero attached hydrogens (tertiary/aromatic N) is 5. The van der Waals surface area contributed by atoms with Gasteiger partial charge in [-0.15, -0.1) is 0 Å². The molecule has 0 atom stereocenters.